The number of carbonyl (C=O) groups excluding carboxylic acids is 1. The van der Waals surface area contributed by atoms with E-state index in [0.717, 1.165) is 11.1 Å². The first-order chi connectivity index (χ1) is 13.5. The number of nitrogens with zero attached hydrogens (tertiary/aromatic N) is 1. The van der Waals surface area contributed by atoms with Crippen LogP contribution >= 0.6 is 0 Å². The van der Waals surface area contributed by atoms with Crippen molar-refractivity contribution in [1.82, 2.24) is 4.98 Å². The maximum Gasteiger partial charge on any atom is 0.255 e. The molecule has 0 fully saturated rings. The lowest BCUT2D eigenvalue weighted by Crippen LogP contribution is -2.13. The van der Waals surface area contributed by atoms with Crippen LogP contribution < -0.4 is 5.32 Å². The fourth-order valence-electron chi connectivity index (χ4n) is 3.17. The molecule has 0 aliphatic heterocycles. The number of amides is 1. The number of benzene rings is 3. The van der Waals surface area contributed by atoms with Crippen LogP contribution in [0, 0.1) is 6.92 Å². The molecule has 0 saturated heterocycles. The van der Waals surface area contributed by atoms with Crippen molar-refractivity contribution in [2.75, 3.05) is 5.32 Å². The van der Waals surface area contributed by atoms with Gasteiger partial charge in [-0.05, 0) is 60.4 Å². The van der Waals surface area contributed by atoms with Gasteiger partial charge in [-0.2, -0.15) is 0 Å². The van der Waals surface area contributed by atoms with Crippen molar-refractivity contribution in [3.8, 4) is 11.5 Å². The van der Waals surface area contributed by atoms with E-state index in [2.05, 4.69) is 36.3 Å². The van der Waals surface area contributed by atoms with E-state index < -0.39 is 0 Å². The summed E-state index contributed by atoms with van der Waals surface area (Å²) in [6.07, 6.45) is 0. The van der Waals surface area contributed by atoms with Crippen LogP contribution in [0.1, 0.15) is 41.3 Å². The molecule has 1 amide bonds. The normalized spacial score (nSPS) is 11.1. The van der Waals surface area contributed by atoms with Gasteiger partial charge in [-0.25, -0.2) is 4.98 Å². The van der Waals surface area contributed by atoms with Gasteiger partial charge in [0, 0.05) is 16.8 Å². The molecule has 1 aromatic heterocycles. The van der Waals surface area contributed by atoms with Crippen molar-refractivity contribution in [1.29, 1.82) is 0 Å². The molecule has 28 heavy (non-hydrogen) atoms. The first-order valence-corrected chi connectivity index (χ1v) is 9.39. The van der Waals surface area contributed by atoms with Crippen molar-refractivity contribution in [2.45, 2.75) is 26.7 Å². The highest BCUT2D eigenvalue weighted by Crippen LogP contribution is 2.27. The lowest BCUT2D eigenvalue weighted by molar-refractivity contribution is 0.102. The Balaban J connectivity index is 1.60. The fraction of sp³-hybridized carbons (Fsp3) is 0.167. The number of fused-ring (bicyclic) bond motifs is 1. The Morgan fingerprint density at radius 1 is 1.00 bits per heavy atom. The van der Waals surface area contributed by atoms with Crippen LogP contribution in [-0.2, 0) is 0 Å². The summed E-state index contributed by atoms with van der Waals surface area (Å²) in [6, 6.07) is 21.3. The van der Waals surface area contributed by atoms with Gasteiger partial charge in [-0.1, -0.05) is 44.2 Å². The van der Waals surface area contributed by atoms with Crippen molar-refractivity contribution in [2.24, 2.45) is 0 Å². The minimum Gasteiger partial charge on any atom is -0.436 e. The standard InChI is InChI=1S/C24H22N2O2/c1-15(2)17-8-10-18(11-9-17)24-26-21-14-19(12-13-22(21)28-24)25-23(27)20-7-5-4-6-16(20)3/h4-15H,1-3H3,(H,25,27). The van der Waals surface area contributed by atoms with Gasteiger partial charge >= 0.3 is 0 Å². The van der Waals surface area contributed by atoms with Crippen molar-refractivity contribution >= 4 is 22.7 Å². The number of aryl methyl sites for hydroxylation is 1. The Kier molecular flexibility index (Phi) is 4.70. The maximum atomic E-state index is 12.5. The van der Waals surface area contributed by atoms with Gasteiger partial charge in [-0.15, -0.1) is 0 Å². The van der Waals surface area contributed by atoms with Gasteiger partial charge in [0.15, 0.2) is 5.58 Å². The number of hydrogen-bond donors (Lipinski definition) is 1. The average molecular weight is 370 g/mol. The quantitative estimate of drug-likeness (QED) is 0.467. The summed E-state index contributed by atoms with van der Waals surface area (Å²) >= 11 is 0. The van der Waals surface area contributed by atoms with Crippen LogP contribution in [0.2, 0.25) is 0 Å². The molecule has 0 saturated carbocycles. The van der Waals surface area contributed by atoms with Crippen molar-refractivity contribution in [3.05, 3.63) is 83.4 Å². The molecule has 0 unspecified atom stereocenters. The van der Waals surface area contributed by atoms with Crippen molar-refractivity contribution in [3.63, 3.8) is 0 Å². The summed E-state index contributed by atoms with van der Waals surface area (Å²) in [6.45, 7) is 6.26. The van der Waals surface area contributed by atoms with Gasteiger partial charge in [0.1, 0.15) is 5.52 Å². The molecule has 0 radical (unpaired) electrons. The lowest BCUT2D eigenvalue weighted by Gasteiger charge is -2.07. The number of hydrogen-bond acceptors (Lipinski definition) is 3. The molecule has 0 bridgehead atoms. The second-order valence-corrected chi connectivity index (χ2v) is 7.25. The van der Waals surface area contributed by atoms with E-state index in [9.17, 15) is 4.79 Å². The molecule has 1 heterocycles. The number of nitrogens with one attached hydrogen (secondary N) is 1. The summed E-state index contributed by atoms with van der Waals surface area (Å²) < 4.78 is 5.89. The highest BCUT2D eigenvalue weighted by atomic mass is 16.3. The molecular weight excluding hydrogens is 348 g/mol. The molecule has 0 spiro atoms. The predicted octanol–water partition coefficient (Wildman–Crippen LogP) is 6.18. The third-order valence-electron chi connectivity index (χ3n) is 4.86. The van der Waals surface area contributed by atoms with Gasteiger partial charge in [-0.3, -0.25) is 4.79 Å². The predicted molar refractivity (Wildman–Crippen MR) is 113 cm³/mol. The van der Waals surface area contributed by atoms with Crippen LogP contribution in [0.15, 0.2) is 71.1 Å². The van der Waals surface area contributed by atoms with E-state index >= 15 is 0 Å². The molecular formula is C24H22N2O2. The van der Waals surface area contributed by atoms with Crippen LogP contribution in [0.3, 0.4) is 0 Å². The fourth-order valence-corrected chi connectivity index (χ4v) is 3.17. The van der Waals surface area contributed by atoms with Gasteiger partial charge < -0.3 is 9.73 Å². The highest BCUT2D eigenvalue weighted by molar-refractivity contribution is 6.05. The molecule has 3 aromatic carbocycles. The zero-order valence-electron chi connectivity index (χ0n) is 16.2. The summed E-state index contributed by atoms with van der Waals surface area (Å²) in [7, 11) is 0. The number of rotatable bonds is 4. The lowest BCUT2D eigenvalue weighted by atomic mass is 10.0. The van der Waals surface area contributed by atoms with E-state index in [-0.39, 0.29) is 5.91 Å². The Morgan fingerprint density at radius 3 is 2.46 bits per heavy atom. The molecule has 4 aromatic rings. The Labute approximate surface area is 164 Å². The molecule has 4 nitrogen and oxygen atoms in total. The number of oxazole rings is 1. The van der Waals surface area contributed by atoms with E-state index in [1.165, 1.54) is 5.56 Å². The van der Waals surface area contributed by atoms with Crippen LogP contribution in [0.25, 0.3) is 22.6 Å². The zero-order chi connectivity index (χ0) is 19.7. The van der Waals surface area contributed by atoms with Crippen molar-refractivity contribution < 1.29 is 9.21 Å². The SMILES string of the molecule is Cc1ccccc1C(=O)Nc1ccc2oc(-c3ccc(C(C)C)cc3)nc2c1. The summed E-state index contributed by atoms with van der Waals surface area (Å²) in [5.41, 5.74) is 5.91. The van der Waals surface area contributed by atoms with E-state index in [1.807, 2.05) is 61.5 Å². The number of aromatic nitrogens is 1. The minimum absolute atomic E-state index is 0.134. The third kappa shape index (κ3) is 3.54. The summed E-state index contributed by atoms with van der Waals surface area (Å²) in [5.74, 6) is 0.926. The zero-order valence-corrected chi connectivity index (χ0v) is 16.2. The third-order valence-corrected chi connectivity index (χ3v) is 4.86. The van der Waals surface area contributed by atoms with Crippen LogP contribution in [-0.4, -0.2) is 10.9 Å². The average Bonchev–Trinajstić information content (AvgIpc) is 3.11. The molecule has 0 atom stereocenters. The van der Waals surface area contributed by atoms with Crippen LogP contribution in [0.5, 0.6) is 0 Å². The second kappa shape index (κ2) is 7.31. The summed E-state index contributed by atoms with van der Waals surface area (Å²) in [5, 5.41) is 2.94. The van der Waals surface area contributed by atoms with Gasteiger partial charge in [0.2, 0.25) is 5.89 Å². The Hall–Kier alpha value is -3.40. The number of anilines is 1. The van der Waals surface area contributed by atoms with E-state index in [4.69, 9.17) is 4.42 Å². The molecule has 4 rings (SSSR count). The summed E-state index contributed by atoms with van der Waals surface area (Å²) in [4.78, 5) is 17.1. The molecule has 4 heteroatoms. The first-order valence-electron chi connectivity index (χ1n) is 9.39. The van der Waals surface area contributed by atoms with E-state index in [0.29, 0.717) is 34.2 Å². The monoisotopic (exact) mass is 370 g/mol. The highest BCUT2D eigenvalue weighted by Gasteiger charge is 2.12. The van der Waals surface area contributed by atoms with Gasteiger partial charge in [0.05, 0.1) is 0 Å². The molecule has 140 valence electrons. The Bertz CT molecular complexity index is 1140. The van der Waals surface area contributed by atoms with E-state index in [1.54, 1.807) is 0 Å². The largest absolute Gasteiger partial charge is 0.436 e. The Morgan fingerprint density at radius 2 is 1.75 bits per heavy atom. The molecule has 0 aliphatic rings. The minimum atomic E-state index is -0.134. The first kappa shape index (κ1) is 18.0. The molecule has 1 N–H and O–H groups in total. The van der Waals surface area contributed by atoms with Crippen LogP contribution in [0.4, 0.5) is 5.69 Å². The maximum absolute atomic E-state index is 12.5. The van der Waals surface area contributed by atoms with Gasteiger partial charge in [0.25, 0.3) is 5.91 Å². The second-order valence-electron chi connectivity index (χ2n) is 7.25. The topological polar surface area (TPSA) is 55.1 Å². The number of carbonyl (C=O) groups is 1. The molecule has 0 aliphatic carbocycles. The smallest absolute Gasteiger partial charge is 0.255 e.